The van der Waals surface area contributed by atoms with Crippen molar-refractivity contribution < 1.29 is 0 Å². The van der Waals surface area contributed by atoms with Gasteiger partial charge >= 0.3 is 0 Å². The lowest BCUT2D eigenvalue weighted by Gasteiger charge is -2.01. The van der Waals surface area contributed by atoms with Gasteiger partial charge in [0.1, 0.15) is 0 Å². The average molecular weight is 153 g/mol. The molecule has 0 atom stereocenters. The van der Waals surface area contributed by atoms with Gasteiger partial charge in [-0.15, -0.1) is 0 Å². The number of aliphatic imine (C=N–C) groups is 1. The van der Waals surface area contributed by atoms with Crippen molar-refractivity contribution in [3.8, 4) is 0 Å². The quantitative estimate of drug-likeness (QED) is 0.537. The molecule has 0 amide bonds. The molecule has 0 aliphatic rings. The first-order valence-electron chi connectivity index (χ1n) is 4.37. The number of nitrogens with zero attached hydrogens (tertiary/aromatic N) is 1. The highest BCUT2D eigenvalue weighted by molar-refractivity contribution is 5.58. The smallest absolute Gasteiger partial charge is 0.0330 e. The van der Waals surface area contributed by atoms with Gasteiger partial charge in [0.05, 0.1) is 0 Å². The van der Waals surface area contributed by atoms with Gasteiger partial charge in [-0.3, -0.25) is 4.99 Å². The minimum atomic E-state index is 0.668. The Morgan fingerprint density at radius 3 is 2.64 bits per heavy atom. The Morgan fingerprint density at radius 2 is 2.18 bits per heavy atom. The summed E-state index contributed by atoms with van der Waals surface area (Å²) < 4.78 is 0. The van der Waals surface area contributed by atoms with Gasteiger partial charge in [0, 0.05) is 11.9 Å². The Labute approximate surface area is 70.2 Å². The third-order valence-electron chi connectivity index (χ3n) is 1.34. The predicted octanol–water partition coefficient (Wildman–Crippen LogP) is 3.42. The Morgan fingerprint density at radius 1 is 1.55 bits per heavy atom. The van der Waals surface area contributed by atoms with E-state index >= 15 is 0 Å². The van der Waals surface area contributed by atoms with Gasteiger partial charge in [0.25, 0.3) is 0 Å². The van der Waals surface area contributed by atoms with Crippen LogP contribution in [0.15, 0.2) is 17.3 Å². The van der Waals surface area contributed by atoms with Crippen LogP contribution in [0, 0.1) is 5.92 Å². The molecular weight excluding hydrogens is 134 g/mol. The molecule has 0 rings (SSSR count). The van der Waals surface area contributed by atoms with Gasteiger partial charge in [-0.2, -0.15) is 0 Å². The molecule has 0 saturated heterocycles. The van der Waals surface area contributed by atoms with Gasteiger partial charge in [-0.05, 0) is 18.8 Å². The lowest BCUT2D eigenvalue weighted by Crippen LogP contribution is -1.88. The molecule has 0 heterocycles. The molecule has 0 spiro atoms. The highest BCUT2D eigenvalue weighted by Crippen LogP contribution is 2.08. The number of unbranched alkanes of at least 4 members (excludes halogenated alkanes) is 1. The summed E-state index contributed by atoms with van der Waals surface area (Å²) in [5, 5.41) is 0. The summed E-state index contributed by atoms with van der Waals surface area (Å²) >= 11 is 0. The fourth-order valence-electron chi connectivity index (χ4n) is 0.847. The van der Waals surface area contributed by atoms with Crippen LogP contribution in [0.1, 0.15) is 40.0 Å². The van der Waals surface area contributed by atoms with Crippen molar-refractivity contribution in [3.05, 3.63) is 12.3 Å². The first kappa shape index (κ1) is 10.4. The summed E-state index contributed by atoms with van der Waals surface area (Å²) in [6, 6.07) is 0. The van der Waals surface area contributed by atoms with Crippen molar-refractivity contribution >= 4 is 6.21 Å². The number of allylic oxidation sites excluding steroid dienone is 1. The molecule has 1 nitrogen and oxygen atoms in total. The third kappa shape index (κ3) is 7.31. The first-order chi connectivity index (χ1) is 5.16. The molecule has 0 N–H and O–H groups in total. The molecule has 64 valence electrons. The summed E-state index contributed by atoms with van der Waals surface area (Å²) in [6.45, 7) is 10.4. The molecular formula is C10H19N. The van der Waals surface area contributed by atoms with Crippen molar-refractivity contribution in [2.24, 2.45) is 10.9 Å². The average Bonchev–Trinajstić information content (AvgIpc) is 1.86. The van der Waals surface area contributed by atoms with Gasteiger partial charge in [0.2, 0.25) is 0 Å². The monoisotopic (exact) mass is 153 g/mol. The maximum Gasteiger partial charge on any atom is 0.0330 e. The first-order valence-corrected chi connectivity index (χ1v) is 4.37. The van der Waals surface area contributed by atoms with Crippen LogP contribution in [0.2, 0.25) is 0 Å². The van der Waals surface area contributed by atoms with Crippen LogP contribution >= 0.6 is 0 Å². The SMILES string of the molecule is C=C(CC(C)C)N=CCCC. The van der Waals surface area contributed by atoms with Crippen LogP contribution in [0.25, 0.3) is 0 Å². The lowest BCUT2D eigenvalue weighted by atomic mass is 10.1. The fourth-order valence-corrected chi connectivity index (χ4v) is 0.847. The second-order valence-corrected chi connectivity index (χ2v) is 3.26. The van der Waals surface area contributed by atoms with Crippen LogP contribution < -0.4 is 0 Å². The molecule has 0 aliphatic carbocycles. The van der Waals surface area contributed by atoms with Gasteiger partial charge < -0.3 is 0 Å². The topological polar surface area (TPSA) is 12.4 Å². The number of rotatable bonds is 5. The summed E-state index contributed by atoms with van der Waals surface area (Å²) in [5.41, 5.74) is 1.01. The van der Waals surface area contributed by atoms with E-state index in [9.17, 15) is 0 Å². The molecule has 0 fully saturated rings. The van der Waals surface area contributed by atoms with Crippen LogP contribution in [0.5, 0.6) is 0 Å². The molecule has 0 aromatic carbocycles. The zero-order chi connectivity index (χ0) is 8.69. The van der Waals surface area contributed by atoms with Crippen LogP contribution in [0.4, 0.5) is 0 Å². The lowest BCUT2D eigenvalue weighted by molar-refractivity contribution is 0.640. The van der Waals surface area contributed by atoms with E-state index in [1.54, 1.807) is 0 Å². The van der Waals surface area contributed by atoms with Gasteiger partial charge in [-0.1, -0.05) is 33.8 Å². The van der Waals surface area contributed by atoms with Crippen molar-refractivity contribution in [1.29, 1.82) is 0 Å². The Hall–Kier alpha value is -0.590. The zero-order valence-corrected chi connectivity index (χ0v) is 7.93. The maximum atomic E-state index is 4.23. The van der Waals surface area contributed by atoms with Gasteiger partial charge in [0.15, 0.2) is 0 Å². The molecule has 0 aromatic heterocycles. The van der Waals surface area contributed by atoms with E-state index in [0.29, 0.717) is 5.92 Å². The molecule has 0 aliphatic heterocycles. The van der Waals surface area contributed by atoms with E-state index in [-0.39, 0.29) is 0 Å². The summed E-state index contributed by atoms with van der Waals surface area (Å²) in [7, 11) is 0. The minimum Gasteiger partial charge on any atom is -0.266 e. The van der Waals surface area contributed by atoms with E-state index in [4.69, 9.17) is 0 Å². The van der Waals surface area contributed by atoms with Gasteiger partial charge in [-0.25, -0.2) is 0 Å². The van der Waals surface area contributed by atoms with Crippen molar-refractivity contribution in [1.82, 2.24) is 0 Å². The Balaban J connectivity index is 3.51. The molecule has 0 saturated carbocycles. The normalized spacial score (nSPS) is 11.3. The molecule has 1 heteroatoms. The summed E-state index contributed by atoms with van der Waals surface area (Å²) in [5.74, 6) is 0.668. The van der Waals surface area contributed by atoms with Crippen molar-refractivity contribution in [2.45, 2.75) is 40.0 Å². The Kier molecular flexibility index (Phi) is 5.81. The minimum absolute atomic E-state index is 0.668. The van der Waals surface area contributed by atoms with Crippen LogP contribution in [-0.4, -0.2) is 6.21 Å². The van der Waals surface area contributed by atoms with Crippen molar-refractivity contribution in [3.63, 3.8) is 0 Å². The molecule has 11 heavy (non-hydrogen) atoms. The van der Waals surface area contributed by atoms with Crippen LogP contribution in [-0.2, 0) is 0 Å². The summed E-state index contributed by atoms with van der Waals surface area (Å²) in [6.07, 6.45) is 5.21. The summed E-state index contributed by atoms with van der Waals surface area (Å²) in [4.78, 5) is 4.23. The van der Waals surface area contributed by atoms with E-state index in [2.05, 4.69) is 32.3 Å². The molecule has 0 unspecified atom stereocenters. The molecule has 0 radical (unpaired) electrons. The van der Waals surface area contributed by atoms with E-state index in [1.165, 1.54) is 6.42 Å². The third-order valence-corrected chi connectivity index (χ3v) is 1.34. The molecule has 0 aromatic rings. The zero-order valence-electron chi connectivity index (χ0n) is 7.93. The number of hydrogen-bond acceptors (Lipinski definition) is 1. The largest absolute Gasteiger partial charge is 0.266 e. The molecule has 0 bridgehead atoms. The second kappa shape index (κ2) is 6.14. The van der Waals surface area contributed by atoms with E-state index < -0.39 is 0 Å². The van der Waals surface area contributed by atoms with Crippen LogP contribution in [0.3, 0.4) is 0 Å². The van der Waals surface area contributed by atoms with Crippen molar-refractivity contribution in [2.75, 3.05) is 0 Å². The predicted molar refractivity (Wildman–Crippen MR) is 52.0 cm³/mol. The highest BCUT2D eigenvalue weighted by atomic mass is 14.7. The Bertz CT molecular complexity index is 134. The number of hydrogen-bond donors (Lipinski definition) is 0. The standard InChI is InChI=1S/C10H19N/c1-5-6-7-11-10(4)8-9(2)3/h7,9H,4-6,8H2,1-3H3. The maximum absolute atomic E-state index is 4.23. The van der Waals surface area contributed by atoms with E-state index in [0.717, 1.165) is 18.5 Å². The van der Waals surface area contributed by atoms with E-state index in [1.807, 2.05) is 6.21 Å². The second-order valence-electron chi connectivity index (χ2n) is 3.26. The highest BCUT2D eigenvalue weighted by Gasteiger charge is 1.94. The fraction of sp³-hybridized carbons (Fsp3) is 0.700.